The van der Waals surface area contributed by atoms with Crippen molar-refractivity contribution in [1.82, 2.24) is 15.1 Å². The fourth-order valence-corrected chi connectivity index (χ4v) is 7.40. The van der Waals surface area contributed by atoms with Crippen LogP contribution in [0.25, 0.3) is 0 Å². The maximum absolute atomic E-state index is 13.8. The molecule has 3 heterocycles. The summed E-state index contributed by atoms with van der Waals surface area (Å²) in [6.07, 6.45) is 4.32. The maximum atomic E-state index is 13.8. The number of anilines is 1. The highest BCUT2D eigenvalue weighted by Gasteiger charge is 2.48. The summed E-state index contributed by atoms with van der Waals surface area (Å²) < 4.78 is 32.5. The van der Waals surface area contributed by atoms with E-state index in [4.69, 9.17) is 4.74 Å². The summed E-state index contributed by atoms with van der Waals surface area (Å²) in [6, 6.07) is 16.7. The van der Waals surface area contributed by atoms with Gasteiger partial charge in [0.1, 0.15) is 6.04 Å². The van der Waals surface area contributed by atoms with Crippen LogP contribution in [-0.2, 0) is 36.4 Å². The minimum absolute atomic E-state index is 0.0916. The molecule has 40 heavy (non-hydrogen) atoms. The number of nitrogens with one attached hydrogen (secondary N) is 1. The molecule has 0 radical (unpaired) electrons. The monoisotopic (exact) mass is 568 g/mol. The lowest BCUT2D eigenvalue weighted by molar-refractivity contribution is -0.141. The first kappa shape index (κ1) is 28.6. The Bertz CT molecular complexity index is 1310. The molecule has 1 N–H and O–H groups in total. The molecule has 2 saturated heterocycles. The number of hydrogen-bond acceptors (Lipinski definition) is 6. The molecule has 10 heteroatoms. The number of benzene rings is 2. The van der Waals surface area contributed by atoms with E-state index < -0.39 is 16.1 Å². The number of hydrogen-bond donors (Lipinski definition) is 1. The number of fused-ring (bicyclic) bond motifs is 2. The van der Waals surface area contributed by atoms with Crippen molar-refractivity contribution in [2.75, 3.05) is 56.9 Å². The molecule has 0 unspecified atom stereocenters. The van der Waals surface area contributed by atoms with E-state index in [1.54, 1.807) is 4.90 Å². The van der Waals surface area contributed by atoms with Crippen molar-refractivity contribution in [3.8, 4) is 0 Å². The van der Waals surface area contributed by atoms with Gasteiger partial charge in [0.05, 0.1) is 31.1 Å². The molecule has 0 saturated carbocycles. The summed E-state index contributed by atoms with van der Waals surface area (Å²) in [7, 11) is -1.40. The van der Waals surface area contributed by atoms with Gasteiger partial charge in [0.15, 0.2) is 0 Å². The molecular weight excluding hydrogens is 528 g/mol. The first-order chi connectivity index (χ1) is 19.2. The van der Waals surface area contributed by atoms with Gasteiger partial charge in [-0.1, -0.05) is 48.5 Å². The molecule has 0 aliphatic carbocycles. The zero-order valence-electron chi connectivity index (χ0n) is 23.4. The topological polar surface area (TPSA) is 99.3 Å². The number of rotatable bonds is 8. The highest BCUT2D eigenvalue weighted by atomic mass is 32.2. The molecule has 9 nitrogen and oxygen atoms in total. The first-order valence-corrected chi connectivity index (χ1v) is 16.0. The molecule has 0 aromatic heterocycles. The van der Waals surface area contributed by atoms with Gasteiger partial charge in [0.2, 0.25) is 21.8 Å². The van der Waals surface area contributed by atoms with Crippen LogP contribution in [0.2, 0.25) is 0 Å². The fraction of sp³-hybridized carbons (Fsp3) is 0.533. The Kier molecular flexibility index (Phi) is 8.49. The Morgan fingerprint density at radius 1 is 1.05 bits per heavy atom. The summed E-state index contributed by atoms with van der Waals surface area (Å²) in [6.45, 7) is 3.47. The number of amides is 2. The third-order valence-corrected chi connectivity index (χ3v) is 9.76. The Balaban J connectivity index is 1.27. The van der Waals surface area contributed by atoms with Gasteiger partial charge in [0.25, 0.3) is 0 Å². The standard InChI is InChI=1S/C30H40N4O5S/c1-32-16-8-11-24(19-32)28(35)31-26(21-39-20-23-9-4-3-5-10-23)29(36)33-17-14-30(15-18-33)22-34(40(2,37)38)27-13-7-6-12-25(27)30/h3-7,9-10,12-13,24,26H,8,11,14-22H2,1-2H3,(H,31,35)/t24-,26+/m0/s1. The maximum Gasteiger partial charge on any atom is 0.247 e. The lowest BCUT2D eigenvalue weighted by Gasteiger charge is -2.41. The van der Waals surface area contributed by atoms with E-state index in [9.17, 15) is 18.0 Å². The van der Waals surface area contributed by atoms with Crippen LogP contribution in [0, 0.1) is 5.92 Å². The molecule has 1 spiro atoms. The molecule has 2 aromatic rings. The number of ether oxygens (including phenoxy) is 1. The number of nitrogens with zero attached hydrogens (tertiary/aromatic N) is 3. The Morgan fingerprint density at radius 3 is 2.45 bits per heavy atom. The lowest BCUT2D eigenvalue weighted by Crippen LogP contribution is -2.56. The Morgan fingerprint density at radius 2 is 1.75 bits per heavy atom. The van der Waals surface area contributed by atoms with Crippen molar-refractivity contribution in [3.05, 3.63) is 65.7 Å². The molecular formula is C30H40N4O5S. The van der Waals surface area contributed by atoms with E-state index in [-0.39, 0.29) is 29.8 Å². The van der Waals surface area contributed by atoms with E-state index >= 15 is 0 Å². The van der Waals surface area contributed by atoms with Crippen molar-refractivity contribution >= 4 is 27.5 Å². The van der Waals surface area contributed by atoms with Crippen LogP contribution in [0.15, 0.2) is 54.6 Å². The zero-order chi connectivity index (χ0) is 28.3. The van der Waals surface area contributed by atoms with Gasteiger partial charge < -0.3 is 19.9 Å². The van der Waals surface area contributed by atoms with Gasteiger partial charge in [-0.25, -0.2) is 8.42 Å². The van der Waals surface area contributed by atoms with E-state index in [1.165, 1.54) is 10.6 Å². The number of piperidine rings is 2. The van der Waals surface area contributed by atoms with E-state index in [0.29, 0.717) is 45.6 Å². The third-order valence-electron chi connectivity index (χ3n) is 8.63. The van der Waals surface area contributed by atoms with Gasteiger partial charge in [-0.15, -0.1) is 0 Å². The van der Waals surface area contributed by atoms with Crippen LogP contribution < -0.4 is 9.62 Å². The molecule has 3 aliphatic heterocycles. The lowest BCUT2D eigenvalue weighted by atomic mass is 9.74. The second kappa shape index (κ2) is 11.9. The predicted molar refractivity (Wildman–Crippen MR) is 154 cm³/mol. The number of carbonyl (C=O) groups is 2. The molecule has 2 amide bonds. The minimum atomic E-state index is -3.41. The number of carbonyl (C=O) groups excluding carboxylic acids is 2. The van der Waals surface area contributed by atoms with Crippen LogP contribution in [0.4, 0.5) is 5.69 Å². The predicted octanol–water partition coefficient (Wildman–Crippen LogP) is 2.37. The van der Waals surface area contributed by atoms with Crippen molar-refractivity contribution in [1.29, 1.82) is 0 Å². The smallest absolute Gasteiger partial charge is 0.247 e. The van der Waals surface area contributed by atoms with E-state index in [1.807, 2.05) is 61.6 Å². The van der Waals surface area contributed by atoms with Gasteiger partial charge in [-0.05, 0) is 56.5 Å². The zero-order valence-corrected chi connectivity index (χ0v) is 24.2. The number of sulfonamides is 1. The third kappa shape index (κ3) is 6.19. The normalized spacial score (nSPS) is 21.7. The Labute approximate surface area is 237 Å². The van der Waals surface area contributed by atoms with Crippen molar-refractivity contribution in [2.24, 2.45) is 5.92 Å². The van der Waals surface area contributed by atoms with Crippen molar-refractivity contribution < 1.29 is 22.7 Å². The molecule has 5 rings (SSSR count). The van der Waals surface area contributed by atoms with Gasteiger partial charge in [-0.2, -0.15) is 0 Å². The van der Waals surface area contributed by atoms with Crippen LogP contribution in [0.5, 0.6) is 0 Å². The minimum Gasteiger partial charge on any atom is -0.374 e. The van der Waals surface area contributed by atoms with Crippen LogP contribution in [-0.4, -0.2) is 88.7 Å². The largest absolute Gasteiger partial charge is 0.374 e. The summed E-state index contributed by atoms with van der Waals surface area (Å²) >= 11 is 0. The SMILES string of the molecule is CN1CCC[C@H](C(=O)N[C@H](COCc2ccccc2)C(=O)N2CCC3(CC2)CN(S(C)(=O)=O)c2ccccc23)C1. The molecule has 3 aliphatic rings. The summed E-state index contributed by atoms with van der Waals surface area (Å²) in [4.78, 5) is 31.0. The summed E-state index contributed by atoms with van der Waals surface area (Å²) in [5.74, 6) is -0.397. The van der Waals surface area contributed by atoms with Gasteiger partial charge in [-0.3, -0.25) is 13.9 Å². The molecule has 2 aromatic carbocycles. The van der Waals surface area contributed by atoms with Crippen LogP contribution in [0.3, 0.4) is 0 Å². The van der Waals surface area contributed by atoms with Crippen LogP contribution in [0.1, 0.15) is 36.8 Å². The summed E-state index contributed by atoms with van der Waals surface area (Å²) in [5, 5.41) is 3.02. The molecule has 0 bridgehead atoms. The average molecular weight is 569 g/mol. The molecule has 2 fully saturated rings. The average Bonchev–Trinajstić information content (AvgIpc) is 3.27. The van der Waals surface area contributed by atoms with Crippen molar-refractivity contribution in [3.63, 3.8) is 0 Å². The second-order valence-electron chi connectivity index (χ2n) is 11.6. The number of likely N-dealkylation sites (tertiary alicyclic amines) is 2. The fourth-order valence-electron chi connectivity index (χ4n) is 6.40. The second-order valence-corrected chi connectivity index (χ2v) is 13.5. The van der Waals surface area contributed by atoms with Crippen molar-refractivity contribution in [2.45, 2.75) is 43.7 Å². The van der Waals surface area contributed by atoms with E-state index in [0.717, 1.165) is 36.2 Å². The van der Waals surface area contributed by atoms with E-state index in [2.05, 4.69) is 10.2 Å². The highest BCUT2D eigenvalue weighted by Crippen LogP contribution is 2.47. The van der Waals surface area contributed by atoms with Gasteiger partial charge >= 0.3 is 0 Å². The highest BCUT2D eigenvalue weighted by molar-refractivity contribution is 7.92. The molecule has 216 valence electrons. The number of para-hydroxylation sites is 1. The summed E-state index contributed by atoms with van der Waals surface area (Å²) in [5.41, 5.74) is 2.45. The quantitative estimate of drug-likeness (QED) is 0.525. The Hall–Kier alpha value is -2.95. The van der Waals surface area contributed by atoms with Crippen LogP contribution >= 0.6 is 0 Å². The van der Waals surface area contributed by atoms with Gasteiger partial charge in [0, 0.05) is 31.6 Å². The molecule has 2 atom stereocenters. The first-order valence-electron chi connectivity index (χ1n) is 14.1.